The van der Waals surface area contributed by atoms with Crippen LogP contribution in [-0.2, 0) is 7.05 Å². The van der Waals surface area contributed by atoms with Gasteiger partial charge in [0.1, 0.15) is 5.69 Å². The molecule has 0 aliphatic carbocycles. The van der Waals surface area contributed by atoms with Crippen molar-refractivity contribution in [1.29, 1.82) is 0 Å². The van der Waals surface area contributed by atoms with Crippen LogP contribution in [0.3, 0.4) is 0 Å². The standard InChI is InChI=1S/C16H19N3O/c1-12-8-9-15(18(12)2)16(20)19-11-5-10-17-13-6-3-4-7-14(13)19/h3-4,6-9,17H,5,10-11H2,1-2H3. The number of anilines is 2. The average molecular weight is 269 g/mol. The Morgan fingerprint density at radius 1 is 1.20 bits per heavy atom. The fourth-order valence-corrected chi connectivity index (χ4v) is 2.62. The minimum atomic E-state index is 0.0664. The monoisotopic (exact) mass is 269 g/mol. The second kappa shape index (κ2) is 5.04. The Balaban J connectivity index is 2.01. The van der Waals surface area contributed by atoms with Crippen molar-refractivity contribution in [2.75, 3.05) is 23.3 Å². The number of para-hydroxylation sites is 2. The smallest absolute Gasteiger partial charge is 0.274 e. The molecule has 4 nitrogen and oxygen atoms in total. The molecule has 0 bridgehead atoms. The van der Waals surface area contributed by atoms with E-state index in [0.29, 0.717) is 0 Å². The van der Waals surface area contributed by atoms with Crippen molar-refractivity contribution in [3.05, 3.63) is 47.8 Å². The quantitative estimate of drug-likeness (QED) is 0.864. The molecule has 1 N–H and O–H groups in total. The molecule has 0 saturated carbocycles. The first kappa shape index (κ1) is 12.8. The zero-order chi connectivity index (χ0) is 14.1. The summed E-state index contributed by atoms with van der Waals surface area (Å²) in [5.74, 6) is 0.0664. The SMILES string of the molecule is Cc1ccc(C(=O)N2CCCNc3ccccc32)n1C. The van der Waals surface area contributed by atoms with Crippen LogP contribution in [0, 0.1) is 6.92 Å². The molecule has 2 heterocycles. The first-order chi connectivity index (χ1) is 9.68. The number of rotatable bonds is 1. The summed E-state index contributed by atoms with van der Waals surface area (Å²) in [4.78, 5) is 14.7. The number of nitrogens with one attached hydrogen (secondary N) is 1. The van der Waals surface area contributed by atoms with Gasteiger partial charge < -0.3 is 14.8 Å². The van der Waals surface area contributed by atoms with Gasteiger partial charge in [-0.25, -0.2) is 0 Å². The van der Waals surface area contributed by atoms with E-state index in [1.807, 2.05) is 59.8 Å². The molecule has 4 heteroatoms. The molecular formula is C16H19N3O. The summed E-state index contributed by atoms with van der Waals surface area (Å²) < 4.78 is 1.95. The topological polar surface area (TPSA) is 37.3 Å². The van der Waals surface area contributed by atoms with Gasteiger partial charge >= 0.3 is 0 Å². The van der Waals surface area contributed by atoms with E-state index in [4.69, 9.17) is 0 Å². The number of carbonyl (C=O) groups excluding carboxylic acids is 1. The van der Waals surface area contributed by atoms with Crippen LogP contribution < -0.4 is 10.2 Å². The number of hydrogen-bond acceptors (Lipinski definition) is 2. The summed E-state index contributed by atoms with van der Waals surface area (Å²) in [6.07, 6.45) is 0.948. The number of aryl methyl sites for hydroxylation is 1. The molecule has 0 fully saturated rings. The fraction of sp³-hybridized carbons (Fsp3) is 0.312. The van der Waals surface area contributed by atoms with Crippen LogP contribution in [-0.4, -0.2) is 23.6 Å². The predicted molar refractivity (Wildman–Crippen MR) is 81.4 cm³/mol. The summed E-state index contributed by atoms with van der Waals surface area (Å²) in [6.45, 7) is 3.65. The van der Waals surface area contributed by atoms with Gasteiger partial charge in [-0.3, -0.25) is 4.79 Å². The third-order valence-corrected chi connectivity index (χ3v) is 3.91. The van der Waals surface area contributed by atoms with Crippen molar-refractivity contribution >= 4 is 17.3 Å². The first-order valence-corrected chi connectivity index (χ1v) is 6.95. The number of carbonyl (C=O) groups is 1. The highest BCUT2D eigenvalue weighted by atomic mass is 16.2. The molecule has 3 rings (SSSR count). The van der Waals surface area contributed by atoms with Crippen LogP contribution in [0.25, 0.3) is 0 Å². The van der Waals surface area contributed by atoms with E-state index in [9.17, 15) is 4.79 Å². The van der Waals surface area contributed by atoms with E-state index in [0.717, 1.165) is 42.3 Å². The van der Waals surface area contributed by atoms with E-state index in [-0.39, 0.29) is 5.91 Å². The average Bonchev–Trinajstić information content (AvgIpc) is 2.68. The second-order valence-corrected chi connectivity index (χ2v) is 5.17. The molecule has 1 aliphatic rings. The van der Waals surface area contributed by atoms with Gasteiger partial charge in [0.15, 0.2) is 0 Å². The molecule has 0 saturated heterocycles. The van der Waals surface area contributed by atoms with Gasteiger partial charge in [-0.2, -0.15) is 0 Å². The molecule has 1 aromatic carbocycles. The summed E-state index contributed by atoms with van der Waals surface area (Å²) >= 11 is 0. The van der Waals surface area contributed by atoms with Crippen molar-refractivity contribution in [3.8, 4) is 0 Å². The number of amides is 1. The number of aromatic nitrogens is 1. The summed E-state index contributed by atoms with van der Waals surface area (Å²) in [5, 5.41) is 3.38. The van der Waals surface area contributed by atoms with Crippen molar-refractivity contribution < 1.29 is 4.79 Å². The highest BCUT2D eigenvalue weighted by Crippen LogP contribution is 2.29. The Morgan fingerprint density at radius 2 is 2.00 bits per heavy atom. The van der Waals surface area contributed by atoms with Crippen LogP contribution in [0.2, 0.25) is 0 Å². The predicted octanol–water partition coefficient (Wildman–Crippen LogP) is 2.80. The molecule has 0 spiro atoms. The van der Waals surface area contributed by atoms with Crippen molar-refractivity contribution in [3.63, 3.8) is 0 Å². The second-order valence-electron chi connectivity index (χ2n) is 5.17. The van der Waals surface area contributed by atoms with E-state index < -0.39 is 0 Å². The zero-order valence-corrected chi connectivity index (χ0v) is 11.9. The van der Waals surface area contributed by atoms with Crippen LogP contribution >= 0.6 is 0 Å². The molecule has 20 heavy (non-hydrogen) atoms. The lowest BCUT2D eigenvalue weighted by molar-refractivity contribution is 0.0979. The number of hydrogen-bond donors (Lipinski definition) is 1. The Hall–Kier alpha value is -2.23. The third kappa shape index (κ3) is 2.07. The van der Waals surface area contributed by atoms with Crippen molar-refractivity contribution in [1.82, 2.24) is 4.57 Å². The Kier molecular flexibility index (Phi) is 3.22. The van der Waals surface area contributed by atoms with E-state index >= 15 is 0 Å². The van der Waals surface area contributed by atoms with Gasteiger partial charge in [0.25, 0.3) is 5.91 Å². The first-order valence-electron chi connectivity index (χ1n) is 6.95. The maximum Gasteiger partial charge on any atom is 0.274 e. The molecule has 104 valence electrons. The van der Waals surface area contributed by atoms with Crippen LogP contribution in [0.5, 0.6) is 0 Å². The molecule has 0 radical (unpaired) electrons. The minimum absolute atomic E-state index is 0.0664. The van der Waals surface area contributed by atoms with E-state index in [2.05, 4.69) is 5.32 Å². The largest absolute Gasteiger partial charge is 0.383 e. The molecule has 0 unspecified atom stereocenters. The van der Waals surface area contributed by atoms with Gasteiger partial charge in [-0.05, 0) is 37.6 Å². The number of nitrogens with zero attached hydrogens (tertiary/aromatic N) is 2. The normalized spacial score (nSPS) is 14.4. The molecule has 2 aromatic rings. The Bertz CT molecular complexity index is 645. The summed E-state index contributed by atoms with van der Waals surface area (Å²) in [5.41, 5.74) is 3.83. The van der Waals surface area contributed by atoms with Crippen LogP contribution in [0.15, 0.2) is 36.4 Å². The van der Waals surface area contributed by atoms with E-state index in [1.54, 1.807) is 0 Å². The van der Waals surface area contributed by atoms with Crippen LogP contribution in [0.1, 0.15) is 22.6 Å². The molecule has 0 atom stereocenters. The van der Waals surface area contributed by atoms with Gasteiger partial charge in [0.05, 0.1) is 11.4 Å². The highest BCUT2D eigenvalue weighted by Gasteiger charge is 2.23. The highest BCUT2D eigenvalue weighted by molar-refractivity contribution is 6.07. The van der Waals surface area contributed by atoms with Gasteiger partial charge in [0.2, 0.25) is 0 Å². The third-order valence-electron chi connectivity index (χ3n) is 3.91. The van der Waals surface area contributed by atoms with Gasteiger partial charge in [0, 0.05) is 25.8 Å². The maximum atomic E-state index is 12.8. The molecular weight excluding hydrogens is 250 g/mol. The van der Waals surface area contributed by atoms with Crippen molar-refractivity contribution in [2.24, 2.45) is 7.05 Å². The lowest BCUT2D eigenvalue weighted by atomic mass is 10.2. The van der Waals surface area contributed by atoms with Gasteiger partial charge in [-0.15, -0.1) is 0 Å². The molecule has 1 aromatic heterocycles. The number of fused-ring (bicyclic) bond motifs is 1. The van der Waals surface area contributed by atoms with Gasteiger partial charge in [-0.1, -0.05) is 12.1 Å². The minimum Gasteiger partial charge on any atom is -0.383 e. The van der Waals surface area contributed by atoms with Crippen LogP contribution in [0.4, 0.5) is 11.4 Å². The summed E-state index contributed by atoms with van der Waals surface area (Å²) in [7, 11) is 1.94. The van der Waals surface area contributed by atoms with Crippen molar-refractivity contribution in [2.45, 2.75) is 13.3 Å². The zero-order valence-electron chi connectivity index (χ0n) is 11.9. The summed E-state index contributed by atoms with van der Waals surface area (Å²) in [6, 6.07) is 11.9. The number of benzene rings is 1. The van der Waals surface area contributed by atoms with E-state index in [1.165, 1.54) is 0 Å². The maximum absolute atomic E-state index is 12.8. The Morgan fingerprint density at radius 3 is 2.75 bits per heavy atom. The molecule has 1 aliphatic heterocycles. The fourth-order valence-electron chi connectivity index (χ4n) is 2.62. The lowest BCUT2D eigenvalue weighted by Crippen LogP contribution is -2.32. The lowest BCUT2D eigenvalue weighted by Gasteiger charge is -2.22. The Labute approximate surface area is 119 Å². The molecule has 1 amide bonds.